The van der Waals surface area contributed by atoms with Crippen LogP contribution in [0.1, 0.15) is 89.7 Å². The van der Waals surface area contributed by atoms with Crippen molar-refractivity contribution in [3.63, 3.8) is 0 Å². The number of sulfonamides is 1. The molecule has 1 N–H and O–H groups in total. The van der Waals surface area contributed by atoms with Gasteiger partial charge in [-0.2, -0.15) is 13.2 Å². The number of benzene rings is 1. The zero-order valence-corrected chi connectivity index (χ0v) is 19.3. The van der Waals surface area contributed by atoms with Crippen LogP contribution in [0, 0.1) is 17.3 Å². The third-order valence-corrected chi connectivity index (χ3v) is 5.19. The molecule has 0 fully saturated rings. The van der Waals surface area contributed by atoms with Crippen molar-refractivity contribution >= 4 is 15.7 Å². The van der Waals surface area contributed by atoms with Gasteiger partial charge in [-0.1, -0.05) is 71.1 Å². The molecule has 0 unspecified atom stereocenters. The van der Waals surface area contributed by atoms with Crippen molar-refractivity contribution in [1.82, 2.24) is 0 Å². The maximum absolute atomic E-state index is 13.3. The predicted molar refractivity (Wildman–Crippen MR) is 118 cm³/mol. The van der Waals surface area contributed by atoms with E-state index < -0.39 is 21.8 Å². The van der Waals surface area contributed by atoms with Crippen LogP contribution in [0.2, 0.25) is 0 Å². The summed E-state index contributed by atoms with van der Waals surface area (Å²) in [6, 6.07) is 3.28. The molecular weight excluding hydrogens is 411 g/mol. The Labute approximate surface area is 179 Å². The largest absolute Gasteiger partial charge is 0.417 e. The smallest absolute Gasteiger partial charge is 0.284 e. The van der Waals surface area contributed by atoms with Crippen molar-refractivity contribution in [3.8, 4) is 11.8 Å². The van der Waals surface area contributed by atoms with E-state index in [1.165, 1.54) is 44.2 Å². The summed E-state index contributed by atoms with van der Waals surface area (Å²) in [5, 5.41) is 0. The van der Waals surface area contributed by atoms with Crippen molar-refractivity contribution in [3.05, 3.63) is 29.3 Å². The second-order valence-electron chi connectivity index (χ2n) is 8.97. The minimum absolute atomic E-state index is 0.127. The second kappa shape index (κ2) is 11.6. The lowest BCUT2D eigenvalue weighted by Gasteiger charge is -2.17. The number of anilines is 1. The monoisotopic (exact) mass is 445 g/mol. The van der Waals surface area contributed by atoms with E-state index in [0.29, 0.717) is 11.8 Å². The van der Waals surface area contributed by atoms with E-state index in [1.807, 2.05) is 0 Å². The Bertz CT molecular complexity index is 829. The van der Waals surface area contributed by atoms with Crippen molar-refractivity contribution in [2.45, 2.75) is 84.7 Å². The highest BCUT2D eigenvalue weighted by Gasteiger charge is 2.33. The standard InChI is InChI=1S/C23H34F3NO2S/c1-22(2,3)17-13-11-9-7-5-6-8-10-12-14-19-15-16-20(27-30(4,28)29)18-21(19)23(24,25)26/h15-16,18,27H,5-11,13,17H2,1-4H3. The number of halogens is 3. The first-order valence-electron chi connectivity index (χ1n) is 10.5. The van der Waals surface area contributed by atoms with Gasteiger partial charge in [-0.25, -0.2) is 8.42 Å². The predicted octanol–water partition coefficient (Wildman–Crippen LogP) is 6.99. The normalized spacial score (nSPS) is 12.4. The van der Waals surface area contributed by atoms with Gasteiger partial charge in [0.1, 0.15) is 0 Å². The molecule has 0 aliphatic carbocycles. The fraction of sp³-hybridized carbons (Fsp3) is 0.652. The Morgan fingerprint density at radius 2 is 1.50 bits per heavy atom. The molecule has 0 bridgehead atoms. The molecule has 0 amide bonds. The first kappa shape index (κ1) is 26.4. The summed E-state index contributed by atoms with van der Waals surface area (Å²) in [7, 11) is -3.65. The highest BCUT2D eigenvalue weighted by Crippen LogP contribution is 2.33. The SMILES string of the molecule is CC(C)(C)CCCCCCCCCC#Cc1ccc(NS(C)(=O)=O)cc1C(F)(F)F. The molecule has 0 heterocycles. The van der Waals surface area contributed by atoms with Crippen LogP contribution >= 0.6 is 0 Å². The molecule has 0 saturated carbocycles. The van der Waals surface area contributed by atoms with E-state index in [9.17, 15) is 21.6 Å². The van der Waals surface area contributed by atoms with Crippen LogP contribution in [0.25, 0.3) is 0 Å². The molecule has 1 aromatic carbocycles. The van der Waals surface area contributed by atoms with E-state index in [4.69, 9.17) is 0 Å². The Hall–Kier alpha value is -1.68. The lowest BCUT2D eigenvalue weighted by atomic mass is 9.89. The molecule has 0 atom stereocenters. The molecule has 30 heavy (non-hydrogen) atoms. The van der Waals surface area contributed by atoms with Gasteiger partial charge in [-0.05, 0) is 36.5 Å². The first-order valence-corrected chi connectivity index (χ1v) is 12.3. The minimum Gasteiger partial charge on any atom is -0.284 e. The molecule has 7 heteroatoms. The third kappa shape index (κ3) is 12.1. The van der Waals surface area contributed by atoms with Crippen molar-refractivity contribution in [2.75, 3.05) is 11.0 Å². The zero-order chi connectivity index (χ0) is 22.8. The van der Waals surface area contributed by atoms with Crippen LogP contribution in [-0.4, -0.2) is 14.7 Å². The van der Waals surface area contributed by atoms with Gasteiger partial charge >= 0.3 is 6.18 Å². The molecule has 0 aliphatic heterocycles. The topological polar surface area (TPSA) is 46.2 Å². The average Bonchev–Trinajstić information content (AvgIpc) is 2.57. The Morgan fingerprint density at radius 1 is 0.933 bits per heavy atom. The van der Waals surface area contributed by atoms with E-state index in [1.54, 1.807) is 0 Å². The van der Waals surface area contributed by atoms with Gasteiger partial charge in [0.15, 0.2) is 0 Å². The van der Waals surface area contributed by atoms with Gasteiger partial charge < -0.3 is 0 Å². The summed E-state index contributed by atoms with van der Waals surface area (Å²) in [6.07, 6.45) is 6.01. The van der Waals surface area contributed by atoms with Crippen LogP contribution in [0.4, 0.5) is 18.9 Å². The highest BCUT2D eigenvalue weighted by atomic mass is 32.2. The van der Waals surface area contributed by atoms with Gasteiger partial charge in [-0.3, -0.25) is 4.72 Å². The minimum atomic E-state index is -4.60. The fourth-order valence-electron chi connectivity index (χ4n) is 3.08. The summed E-state index contributed by atoms with van der Waals surface area (Å²) in [5.74, 6) is 5.42. The van der Waals surface area contributed by atoms with Gasteiger partial charge in [0, 0.05) is 17.7 Å². The lowest BCUT2D eigenvalue weighted by Crippen LogP contribution is -2.12. The average molecular weight is 446 g/mol. The van der Waals surface area contributed by atoms with Crippen molar-refractivity contribution < 1.29 is 21.6 Å². The molecule has 170 valence electrons. The third-order valence-electron chi connectivity index (χ3n) is 4.58. The molecule has 3 nitrogen and oxygen atoms in total. The van der Waals surface area contributed by atoms with Crippen LogP contribution in [0.5, 0.6) is 0 Å². The number of rotatable bonds is 10. The van der Waals surface area contributed by atoms with E-state index in [0.717, 1.165) is 31.6 Å². The van der Waals surface area contributed by atoms with Crippen LogP contribution in [0.15, 0.2) is 18.2 Å². The number of nitrogens with one attached hydrogen (secondary N) is 1. The molecule has 0 spiro atoms. The Balaban J connectivity index is 2.45. The number of hydrogen-bond donors (Lipinski definition) is 1. The van der Waals surface area contributed by atoms with Gasteiger partial charge in [0.25, 0.3) is 0 Å². The van der Waals surface area contributed by atoms with Gasteiger partial charge in [-0.15, -0.1) is 0 Å². The summed E-state index contributed by atoms with van der Waals surface area (Å²) in [6.45, 7) is 6.77. The Morgan fingerprint density at radius 3 is 2.03 bits per heavy atom. The molecule has 1 aromatic rings. The first-order chi connectivity index (χ1) is 13.8. The van der Waals surface area contributed by atoms with Crippen LogP contribution in [0.3, 0.4) is 0 Å². The summed E-state index contributed by atoms with van der Waals surface area (Å²) in [5.41, 5.74) is -0.799. The molecule has 0 aliphatic rings. The van der Waals surface area contributed by atoms with E-state index >= 15 is 0 Å². The second-order valence-corrected chi connectivity index (χ2v) is 10.7. The Kier molecular flexibility index (Phi) is 10.2. The number of unbranched alkanes of at least 4 members (excludes halogenated alkanes) is 7. The fourth-order valence-corrected chi connectivity index (χ4v) is 3.63. The quantitative estimate of drug-likeness (QED) is 0.312. The number of hydrogen-bond acceptors (Lipinski definition) is 2. The lowest BCUT2D eigenvalue weighted by molar-refractivity contribution is -0.137. The van der Waals surface area contributed by atoms with Crippen LogP contribution in [-0.2, 0) is 16.2 Å². The molecule has 1 rings (SSSR count). The van der Waals surface area contributed by atoms with Crippen LogP contribution < -0.4 is 4.72 Å². The van der Waals surface area contributed by atoms with Gasteiger partial charge in [0.2, 0.25) is 10.0 Å². The summed E-state index contributed by atoms with van der Waals surface area (Å²) in [4.78, 5) is 0. The van der Waals surface area contributed by atoms with E-state index in [2.05, 4.69) is 37.3 Å². The summed E-state index contributed by atoms with van der Waals surface area (Å²) >= 11 is 0. The van der Waals surface area contributed by atoms with Crippen molar-refractivity contribution in [2.24, 2.45) is 5.41 Å². The maximum atomic E-state index is 13.3. The van der Waals surface area contributed by atoms with Crippen molar-refractivity contribution in [1.29, 1.82) is 0 Å². The zero-order valence-electron chi connectivity index (χ0n) is 18.5. The van der Waals surface area contributed by atoms with E-state index in [-0.39, 0.29) is 11.3 Å². The summed E-state index contributed by atoms with van der Waals surface area (Å²) < 4.78 is 64.4. The molecule has 0 radical (unpaired) electrons. The van der Waals surface area contributed by atoms with Gasteiger partial charge in [0.05, 0.1) is 11.8 Å². The number of alkyl halides is 3. The molecule has 0 aromatic heterocycles. The molecule has 0 saturated heterocycles. The maximum Gasteiger partial charge on any atom is 0.417 e. The molecular formula is C23H34F3NO2S. The highest BCUT2D eigenvalue weighted by molar-refractivity contribution is 7.92.